The number of nitrogens with zero attached hydrogens (tertiary/aromatic N) is 1. The minimum absolute atomic E-state index is 0.134. The molecule has 0 unspecified atom stereocenters. The number of carbonyl (C=O) groups is 1. The summed E-state index contributed by atoms with van der Waals surface area (Å²) < 4.78 is 18.5. The van der Waals surface area contributed by atoms with E-state index >= 15 is 0 Å². The molecule has 0 aliphatic heterocycles. The third-order valence-corrected chi connectivity index (χ3v) is 2.41. The average molecular weight is 273 g/mol. The predicted octanol–water partition coefficient (Wildman–Crippen LogP) is 1.68. The number of halogens is 1. The molecule has 5 nitrogen and oxygen atoms in total. The van der Waals surface area contributed by atoms with E-state index in [1.54, 1.807) is 13.0 Å². The second kappa shape index (κ2) is 5.99. The van der Waals surface area contributed by atoms with Crippen molar-refractivity contribution in [2.45, 2.75) is 6.92 Å². The summed E-state index contributed by atoms with van der Waals surface area (Å²) in [5, 5.41) is 6.10. The highest BCUT2D eigenvalue weighted by Crippen LogP contribution is 2.15. The highest BCUT2D eigenvalue weighted by atomic mass is 19.1. The van der Waals surface area contributed by atoms with Crippen LogP contribution in [0, 0.1) is 24.6 Å². The monoisotopic (exact) mass is 273 g/mol. The maximum absolute atomic E-state index is 13.7. The van der Waals surface area contributed by atoms with Gasteiger partial charge < -0.3 is 15.6 Å². The molecule has 20 heavy (non-hydrogen) atoms. The number of aryl methyl sites for hydroxylation is 1. The summed E-state index contributed by atoms with van der Waals surface area (Å²) in [6.07, 6.45) is 0. The summed E-state index contributed by atoms with van der Waals surface area (Å²) in [5.41, 5.74) is 5.89. The Morgan fingerprint density at radius 2 is 2.30 bits per heavy atom. The van der Waals surface area contributed by atoms with Gasteiger partial charge in [-0.05, 0) is 25.1 Å². The molecule has 6 heteroatoms. The third-order valence-electron chi connectivity index (χ3n) is 2.41. The summed E-state index contributed by atoms with van der Waals surface area (Å²) in [6.45, 7) is 1.83. The van der Waals surface area contributed by atoms with Gasteiger partial charge in [-0.25, -0.2) is 4.39 Å². The molecule has 2 rings (SSSR count). The van der Waals surface area contributed by atoms with Crippen LogP contribution < -0.4 is 11.1 Å². The van der Waals surface area contributed by atoms with Gasteiger partial charge in [-0.1, -0.05) is 17.0 Å². The fraction of sp³-hybridized carbons (Fsp3) is 0.143. The fourth-order valence-corrected chi connectivity index (χ4v) is 1.51. The second-order valence-electron chi connectivity index (χ2n) is 3.98. The molecule has 102 valence electrons. The van der Waals surface area contributed by atoms with E-state index in [9.17, 15) is 9.18 Å². The first-order valence-electron chi connectivity index (χ1n) is 5.83. The van der Waals surface area contributed by atoms with E-state index in [4.69, 9.17) is 10.3 Å². The lowest BCUT2D eigenvalue weighted by Gasteiger charge is -2.03. The van der Waals surface area contributed by atoms with E-state index in [-0.39, 0.29) is 17.8 Å². The molecule has 3 N–H and O–H groups in total. The van der Waals surface area contributed by atoms with Crippen LogP contribution in [-0.2, 0) is 0 Å². The van der Waals surface area contributed by atoms with Gasteiger partial charge in [0.25, 0.3) is 5.91 Å². The molecule has 0 saturated carbocycles. The summed E-state index contributed by atoms with van der Waals surface area (Å²) >= 11 is 0. The van der Waals surface area contributed by atoms with Crippen LogP contribution in [0.5, 0.6) is 0 Å². The molecule has 0 bridgehead atoms. The lowest BCUT2D eigenvalue weighted by atomic mass is 10.2. The average Bonchev–Trinajstić information content (AvgIpc) is 2.85. The zero-order chi connectivity index (χ0) is 14.5. The largest absolute Gasteiger partial charge is 0.361 e. The molecule has 1 aromatic carbocycles. The molecule has 0 fully saturated rings. The number of amides is 1. The Morgan fingerprint density at radius 1 is 1.50 bits per heavy atom. The van der Waals surface area contributed by atoms with Crippen LogP contribution in [0.3, 0.4) is 0 Å². The van der Waals surface area contributed by atoms with Crippen molar-refractivity contribution >= 4 is 11.6 Å². The summed E-state index contributed by atoms with van der Waals surface area (Å²) in [4.78, 5) is 11.8. The molecule has 0 aliphatic rings. The van der Waals surface area contributed by atoms with Gasteiger partial charge in [0.15, 0.2) is 5.69 Å². The van der Waals surface area contributed by atoms with Crippen molar-refractivity contribution in [3.63, 3.8) is 0 Å². The Kier molecular flexibility index (Phi) is 4.13. The number of aromatic nitrogens is 1. The van der Waals surface area contributed by atoms with Crippen LogP contribution in [0.2, 0.25) is 0 Å². The van der Waals surface area contributed by atoms with E-state index in [0.717, 1.165) is 0 Å². The highest BCUT2D eigenvalue weighted by molar-refractivity contribution is 6.02. The maximum Gasteiger partial charge on any atom is 0.277 e. The fourth-order valence-electron chi connectivity index (χ4n) is 1.51. The Morgan fingerprint density at radius 3 is 2.90 bits per heavy atom. The molecule has 1 heterocycles. The van der Waals surface area contributed by atoms with Gasteiger partial charge in [0.05, 0.1) is 12.1 Å². The molecule has 1 amide bonds. The lowest BCUT2D eigenvalue weighted by Crippen LogP contribution is -2.12. The number of hydrogen-bond donors (Lipinski definition) is 2. The van der Waals surface area contributed by atoms with Gasteiger partial charge in [0.1, 0.15) is 11.6 Å². The van der Waals surface area contributed by atoms with Crippen molar-refractivity contribution in [3.8, 4) is 11.8 Å². The molecule has 0 aliphatic carbocycles. The van der Waals surface area contributed by atoms with Crippen LogP contribution in [-0.4, -0.2) is 17.6 Å². The first kappa shape index (κ1) is 13.8. The van der Waals surface area contributed by atoms with Crippen molar-refractivity contribution < 1.29 is 13.7 Å². The van der Waals surface area contributed by atoms with Crippen LogP contribution in [0.25, 0.3) is 0 Å². The van der Waals surface area contributed by atoms with Crippen molar-refractivity contribution in [1.82, 2.24) is 5.16 Å². The molecule has 0 saturated heterocycles. The molecular weight excluding hydrogens is 261 g/mol. The SMILES string of the molecule is Cc1cc(C(=O)Nc2ccc(C#CCN)c(F)c2)no1. The van der Waals surface area contributed by atoms with E-state index < -0.39 is 11.7 Å². The number of rotatable bonds is 2. The van der Waals surface area contributed by atoms with Gasteiger partial charge in [-0.15, -0.1) is 0 Å². The Balaban J connectivity index is 2.14. The molecule has 2 aromatic rings. The van der Waals surface area contributed by atoms with E-state index in [0.29, 0.717) is 11.4 Å². The minimum Gasteiger partial charge on any atom is -0.361 e. The molecule has 0 atom stereocenters. The Labute approximate surface area is 114 Å². The van der Waals surface area contributed by atoms with Gasteiger partial charge in [-0.2, -0.15) is 0 Å². The van der Waals surface area contributed by atoms with Crippen molar-refractivity contribution in [3.05, 3.63) is 47.1 Å². The number of hydrogen-bond acceptors (Lipinski definition) is 4. The lowest BCUT2D eigenvalue weighted by molar-refractivity contribution is 0.101. The minimum atomic E-state index is -0.528. The van der Waals surface area contributed by atoms with E-state index in [1.165, 1.54) is 18.2 Å². The van der Waals surface area contributed by atoms with Crippen LogP contribution in [0.1, 0.15) is 21.8 Å². The quantitative estimate of drug-likeness (QED) is 0.816. The first-order valence-corrected chi connectivity index (χ1v) is 5.83. The second-order valence-corrected chi connectivity index (χ2v) is 3.98. The highest BCUT2D eigenvalue weighted by Gasteiger charge is 2.11. The first-order chi connectivity index (χ1) is 9.60. The predicted molar refractivity (Wildman–Crippen MR) is 71.5 cm³/mol. The standard InChI is InChI=1S/C14H12FN3O2/c1-9-7-13(18-20-9)14(19)17-11-5-4-10(3-2-6-16)12(15)8-11/h4-5,7-8H,6,16H2,1H3,(H,17,19). The molecule has 0 spiro atoms. The van der Waals surface area contributed by atoms with Gasteiger partial charge in [0, 0.05) is 11.8 Å². The molecular formula is C14H12FN3O2. The smallest absolute Gasteiger partial charge is 0.277 e. The number of anilines is 1. The number of carbonyl (C=O) groups excluding carboxylic acids is 1. The molecule has 0 radical (unpaired) electrons. The zero-order valence-electron chi connectivity index (χ0n) is 10.7. The van der Waals surface area contributed by atoms with Crippen molar-refractivity contribution in [2.24, 2.45) is 5.73 Å². The summed E-state index contributed by atoms with van der Waals surface area (Å²) in [7, 11) is 0. The van der Waals surface area contributed by atoms with E-state index in [1.807, 2.05) is 0 Å². The normalized spacial score (nSPS) is 9.75. The summed E-state index contributed by atoms with van der Waals surface area (Å²) in [6, 6.07) is 5.70. The zero-order valence-corrected chi connectivity index (χ0v) is 10.7. The summed E-state index contributed by atoms with van der Waals surface area (Å²) in [5.74, 6) is 4.68. The van der Waals surface area contributed by atoms with Crippen LogP contribution in [0.4, 0.5) is 10.1 Å². The van der Waals surface area contributed by atoms with Gasteiger partial charge in [-0.3, -0.25) is 4.79 Å². The number of benzene rings is 1. The van der Waals surface area contributed by atoms with Gasteiger partial charge in [0.2, 0.25) is 0 Å². The maximum atomic E-state index is 13.7. The Hall–Kier alpha value is -2.65. The molecule has 1 aromatic heterocycles. The third kappa shape index (κ3) is 3.22. The number of nitrogens with one attached hydrogen (secondary N) is 1. The van der Waals surface area contributed by atoms with Crippen LogP contribution >= 0.6 is 0 Å². The van der Waals surface area contributed by atoms with Gasteiger partial charge >= 0.3 is 0 Å². The number of nitrogens with two attached hydrogens (primary N) is 1. The Bertz CT molecular complexity index is 698. The van der Waals surface area contributed by atoms with Crippen LogP contribution in [0.15, 0.2) is 28.8 Å². The topological polar surface area (TPSA) is 81.2 Å². The van der Waals surface area contributed by atoms with Crippen molar-refractivity contribution in [2.75, 3.05) is 11.9 Å². The van der Waals surface area contributed by atoms with E-state index in [2.05, 4.69) is 22.3 Å². The van der Waals surface area contributed by atoms with Crippen molar-refractivity contribution in [1.29, 1.82) is 0 Å².